The standard InChI is InChI=1S/C19H29N3O/c1-21(2)17-9-7-15(8-10-17)19(23)20-16-11-13-22(14-12-16)18-5-3-4-6-18/h7-10,16,18H,3-6,11-14H2,1-2H3,(H,20,23). The van der Waals surface area contributed by atoms with Gasteiger partial charge in [-0.15, -0.1) is 0 Å². The first kappa shape index (κ1) is 16.3. The average Bonchev–Trinajstić information content (AvgIpc) is 3.10. The number of anilines is 1. The summed E-state index contributed by atoms with van der Waals surface area (Å²) in [5.41, 5.74) is 1.88. The summed E-state index contributed by atoms with van der Waals surface area (Å²) in [6.45, 7) is 2.27. The predicted octanol–water partition coefficient (Wildman–Crippen LogP) is 2.89. The summed E-state index contributed by atoms with van der Waals surface area (Å²) >= 11 is 0. The van der Waals surface area contributed by atoms with Gasteiger partial charge in [-0.1, -0.05) is 12.8 Å². The molecule has 0 atom stereocenters. The van der Waals surface area contributed by atoms with Crippen LogP contribution >= 0.6 is 0 Å². The molecule has 1 amide bonds. The zero-order valence-corrected chi connectivity index (χ0v) is 14.4. The summed E-state index contributed by atoms with van der Waals surface area (Å²) in [4.78, 5) is 17.1. The van der Waals surface area contributed by atoms with Gasteiger partial charge in [0.1, 0.15) is 0 Å². The summed E-state index contributed by atoms with van der Waals surface area (Å²) in [6, 6.07) is 8.96. The number of benzene rings is 1. The van der Waals surface area contributed by atoms with Crippen LogP contribution in [-0.2, 0) is 0 Å². The summed E-state index contributed by atoms with van der Waals surface area (Å²) in [5.74, 6) is 0.0645. The van der Waals surface area contributed by atoms with Gasteiger partial charge in [0.2, 0.25) is 0 Å². The van der Waals surface area contributed by atoms with Gasteiger partial charge in [-0.2, -0.15) is 0 Å². The second-order valence-electron chi connectivity index (χ2n) is 7.16. The van der Waals surface area contributed by atoms with E-state index >= 15 is 0 Å². The molecule has 0 aromatic heterocycles. The van der Waals surface area contributed by atoms with Gasteiger partial charge in [0.15, 0.2) is 0 Å². The molecule has 0 spiro atoms. The Kier molecular flexibility index (Phi) is 5.21. The van der Waals surface area contributed by atoms with Crippen molar-refractivity contribution >= 4 is 11.6 Å². The Morgan fingerprint density at radius 1 is 1.04 bits per heavy atom. The van der Waals surface area contributed by atoms with Gasteiger partial charge in [-0.25, -0.2) is 0 Å². The van der Waals surface area contributed by atoms with E-state index in [0.29, 0.717) is 6.04 Å². The second kappa shape index (κ2) is 7.35. The lowest BCUT2D eigenvalue weighted by Crippen LogP contribution is -2.47. The molecule has 2 aliphatic rings. The van der Waals surface area contributed by atoms with Crippen LogP contribution in [-0.4, -0.2) is 50.1 Å². The van der Waals surface area contributed by atoms with Crippen LogP contribution in [0.1, 0.15) is 48.9 Å². The molecular weight excluding hydrogens is 286 g/mol. The maximum absolute atomic E-state index is 12.4. The molecule has 3 rings (SSSR count). The quantitative estimate of drug-likeness (QED) is 0.928. The van der Waals surface area contributed by atoms with Crippen LogP contribution < -0.4 is 10.2 Å². The van der Waals surface area contributed by atoms with Crippen molar-refractivity contribution in [1.29, 1.82) is 0 Å². The summed E-state index contributed by atoms with van der Waals surface area (Å²) in [7, 11) is 4.01. The van der Waals surface area contributed by atoms with E-state index in [1.807, 2.05) is 43.3 Å². The minimum Gasteiger partial charge on any atom is -0.378 e. The highest BCUT2D eigenvalue weighted by Gasteiger charge is 2.27. The summed E-state index contributed by atoms with van der Waals surface area (Å²) < 4.78 is 0. The Hall–Kier alpha value is -1.55. The van der Waals surface area contributed by atoms with E-state index in [4.69, 9.17) is 0 Å². The van der Waals surface area contributed by atoms with E-state index in [1.54, 1.807) is 0 Å². The molecule has 1 saturated carbocycles. The van der Waals surface area contributed by atoms with E-state index in [2.05, 4.69) is 10.2 Å². The monoisotopic (exact) mass is 315 g/mol. The van der Waals surface area contributed by atoms with Crippen molar-refractivity contribution in [3.05, 3.63) is 29.8 Å². The number of hydrogen-bond acceptors (Lipinski definition) is 3. The van der Waals surface area contributed by atoms with Crippen molar-refractivity contribution in [3.63, 3.8) is 0 Å². The van der Waals surface area contributed by atoms with E-state index in [9.17, 15) is 4.79 Å². The van der Waals surface area contributed by atoms with Gasteiger partial charge in [0.25, 0.3) is 5.91 Å². The topological polar surface area (TPSA) is 35.6 Å². The molecule has 1 aromatic carbocycles. The molecule has 0 radical (unpaired) electrons. The molecule has 1 saturated heterocycles. The van der Waals surface area contributed by atoms with Gasteiger partial charge >= 0.3 is 0 Å². The largest absolute Gasteiger partial charge is 0.378 e. The van der Waals surface area contributed by atoms with Crippen LogP contribution in [0, 0.1) is 0 Å². The first-order chi connectivity index (χ1) is 11.1. The summed E-state index contributed by atoms with van der Waals surface area (Å²) in [6.07, 6.45) is 7.69. The summed E-state index contributed by atoms with van der Waals surface area (Å²) in [5, 5.41) is 3.22. The molecule has 23 heavy (non-hydrogen) atoms. The normalized spacial score (nSPS) is 20.6. The van der Waals surface area contributed by atoms with E-state index in [-0.39, 0.29) is 5.91 Å². The molecular formula is C19H29N3O. The van der Waals surface area contributed by atoms with Crippen LogP contribution in [0.5, 0.6) is 0 Å². The molecule has 1 N–H and O–H groups in total. The first-order valence-electron chi connectivity index (χ1n) is 8.96. The first-order valence-corrected chi connectivity index (χ1v) is 8.96. The van der Waals surface area contributed by atoms with Crippen molar-refractivity contribution < 1.29 is 4.79 Å². The van der Waals surface area contributed by atoms with Gasteiger partial charge < -0.3 is 15.1 Å². The lowest BCUT2D eigenvalue weighted by atomic mass is 10.0. The number of carbonyl (C=O) groups is 1. The number of rotatable bonds is 4. The van der Waals surface area contributed by atoms with E-state index in [1.165, 1.54) is 25.7 Å². The SMILES string of the molecule is CN(C)c1ccc(C(=O)NC2CCN(C3CCCC3)CC2)cc1. The molecule has 0 unspecified atom stereocenters. The van der Waals surface area contributed by atoms with E-state index < -0.39 is 0 Å². The van der Waals surface area contributed by atoms with Crippen LogP contribution in [0.15, 0.2) is 24.3 Å². The Morgan fingerprint density at radius 2 is 1.65 bits per heavy atom. The van der Waals surface area contributed by atoms with Gasteiger partial charge in [0, 0.05) is 50.5 Å². The van der Waals surface area contributed by atoms with Gasteiger partial charge in [0.05, 0.1) is 0 Å². The third-order valence-corrected chi connectivity index (χ3v) is 5.35. The lowest BCUT2D eigenvalue weighted by Gasteiger charge is -2.36. The molecule has 4 heteroatoms. The lowest BCUT2D eigenvalue weighted by molar-refractivity contribution is 0.0892. The maximum Gasteiger partial charge on any atom is 0.251 e. The fourth-order valence-electron chi connectivity index (χ4n) is 3.86. The number of hydrogen-bond donors (Lipinski definition) is 1. The minimum absolute atomic E-state index is 0.0645. The highest BCUT2D eigenvalue weighted by molar-refractivity contribution is 5.94. The van der Waals surface area contributed by atoms with Gasteiger partial charge in [-0.05, 0) is 49.9 Å². The predicted molar refractivity (Wildman–Crippen MR) is 95.1 cm³/mol. The smallest absolute Gasteiger partial charge is 0.251 e. The Labute approximate surface area is 139 Å². The number of nitrogens with zero attached hydrogens (tertiary/aromatic N) is 2. The van der Waals surface area contributed by atoms with Crippen molar-refractivity contribution in [2.75, 3.05) is 32.1 Å². The van der Waals surface area contributed by atoms with Crippen LogP contribution in [0.25, 0.3) is 0 Å². The van der Waals surface area contributed by atoms with Gasteiger partial charge in [-0.3, -0.25) is 4.79 Å². The number of likely N-dealkylation sites (tertiary alicyclic amines) is 1. The highest BCUT2D eigenvalue weighted by Crippen LogP contribution is 2.26. The van der Waals surface area contributed by atoms with E-state index in [0.717, 1.165) is 43.2 Å². The fourth-order valence-corrected chi connectivity index (χ4v) is 3.86. The molecule has 126 valence electrons. The zero-order chi connectivity index (χ0) is 16.2. The second-order valence-corrected chi connectivity index (χ2v) is 7.16. The highest BCUT2D eigenvalue weighted by atomic mass is 16.1. The molecule has 1 aliphatic carbocycles. The zero-order valence-electron chi connectivity index (χ0n) is 14.4. The number of nitrogens with one attached hydrogen (secondary N) is 1. The fraction of sp³-hybridized carbons (Fsp3) is 0.632. The Balaban J connectivity index is 1.48. The minimum atomic E-state index is 0.0645. The number of carbonyl (C=O) groups excluding carboxylic acids is 1. The van der Waals surface area contributed by atoms with Crippen molar-refractivity contribution in [2.24, 2.45) is 0 Å². The number of piperidine rings is 1. The third kappa shape index (κ3) is 4.05. The molecule has 1 aromatic rings. The molecule has 2 fully saturated rings. The van der Waals surface area contributed by atoms with Crippen LogP contribution in [0.2, 0.25) is 0 Å². The molecule has 1 heterocycles. The van der Waals surface area contributed by atoms with Crippen LogP contribution in [0.3, 0.4) is 0 Å². The molecule has 4 nitrogen and oxygen atoms in total. The third-order valence-electron chi connectivity index (χ3n) is 5.35. The molecule has 1 aliphatic heterocycles. The van der Waals surface area contributed by atoms with Crippen molar-refractivity contribution in [2.45, 2.75) is 50.6 Å². The Bertz CT molecular complexity index is 512. The Morgan fingerprint density at radius 3 is 2.22 bits per heavy atom. The van der Waals surface area contributed by atoms with Crippen molar-refractivity contribution in [1.82, 2.24) is 10.2 Å². The number of amides is 1. The average molecular weight is 315 g/mol. The van der Waals surface area contributed by atoms with Crippen molar-refractivity contribution in [3.8, 4) is 0 Å². The van der Waals surface area contributed by atoms with Crippen LogP contribution in [0.4, 0.5) is 5.69 Å². The maximum atomic E-state index is 12.4. The molecule has 0 bridgehead atoms.